The lowest BCUT2D eigenvalue weighted by molar-refractivity contribution is -0.138. The molecule has 0 bridgehead atoms. The number of hydrogen-bond donors (Lipinski definition) is 1. The zero-order valence-corrected chi connectivity index (χ0v) is 15.3. The van der Waals surface area contributed by atoms with Crippen molar-refractivity contribution in [2.75, 3.05) is 19.6 Å². The smallest absolute Gasteiger partial charge is 0.325 e. The number of carbonyl (C=O) groups is 3. The molecule has 1 N–H and O–H groups in total. The average molecular weight is 378 g/mol. The highest BCUT2D eigenvalue weighted by atomic mass is 16.2. The summed E-state index contributed by atoms with van der Waals surface area (Å²) in [5, 5.41) is 29.1. The van der Waals surface area contributed by atoms with Crippen LogP contribution in [0.5, 0.6) is 0 Å². The van der Waals surface area contributed by atoms with Crippen molar-refractivity contribution in [2.24, 2.45) is 0 Å². The van der Waals surface area contributed by atoms with Crippen molar-refractivity contribution in [3.63, 3.8) is 0 Å². The first-order valence-electron chi connectivity index (χ1n) is 8.53. The number of urea groups is 1. The van der Waals surface area contributed by atoms with E-state index in [4.69, 9.17) is 15.8 Å². The zero-order valence-electron chi connectivity index (χ0n) is 15.3. The maximum atomic E-state index is 12.9. The van der Waals surface area contributed by atoms with Crippen molar-refractivity contribution in [2.45, 2.75) is 25.3 Å². The van der Waals surface area contributed by atoms with Crippen molar-refractivity contribution < 1.29 is 14.4 Å². The Balaban J connectivity index is 2.20. The lowest BCUT2D eigenvalue weighted by Gasteiger charge is -2.24. The van der Waals surface area contributed by atoms with Crippen LogP contribution in [0.3, 0.4) is 0 Å². The Morgan fingerprint density at radius 2 is 1.82 bits per heavy atom. The Morgan fingerprint density at radius 3 is 2.39 bits per heavy atom. The van der Waals surface area contributed by atoms with Gasteiger partial charge in [0.25, 0.3) is 5.91 Å². The van der Waals surface area contributed by atoms with E-state index in [1.54, 1.807) is 18.2 Å². The average Bonchev–Trinajstić information content (AvgIpc) is 2.92. The van der Waals surface area contributed by atoms with Crippen molar-refractivity contribution in [3.05, 3.63) is 35.4 Å². The molecule has 9 heteroatoms. The van der Waals surface area contributed by atoms with E-state index in [0.29, 0.717) is 11.1 Å². The Kier molecular flexibility index (Phi) is 6.31. The van der Waals surface area contributed by atoms with Crippen LogP contribution < -0.4 is 5.32 Å². The minimum atomic E-state index is -1.39. The van der Waals surface area contributed by atoms with Crippen molar-refractivity contribution in [1.29, 1.82) is 15.8 Å². The minimum absolute atomic E-state index is 0.0793. The number of nitriles is 3. The second kappa shape index (κ2) is 8.66. The molecule has 1 aliphatic rings. The summed E-state index contributed by atoms with van der Waals surface area (Å²) in [6, 6.07) is 11.4. The van der Waals surface area contributed by atoms with E-state index in [9.17, 15) is 14.4 Å². The predicted molar refractivity (Wildman–Crippen MR) is 95.8 cm³/mol. The van der Waals surface area contributed by atoms with Gasteiger partial charge in [-0.2, -0.15) is 15.8 Å². The van der Waals surface area contributed by atoms with Gasteiger partial charge in [0.2, 0.25) is 5.91 Å². The lowest BCUT2D eigenvalue weighted by Crippen LogP contribution is -2.45. The third kappa shape index (κ3) is 4.08. The standard InChI is InChI=1S/C19H18N6O3/c1-19(15-6-2-5-14(11-15)12-22)17(27)25(18(28)23-19)13-16(26)24(9-3-7-20)10-4-8-21/h2,5-6,11H,3-4,9-10,13H2,1H3,(H,23,28). The summed E-state index contributed by atoms with van der Waals surface area (Å²) in [5.41, 5.74) is -0.617. The highest BCUT2D eigenvalue weighted by Gasteiger charge is 2.49. The molecule has 0 radical (unpaired) electrons. The number of nitrogens with zero attached hydrogens (tertiary/aromatic N) is 5. The molecule has 1 heterocycles. The maximum Gasteiger partial charge on any atom is 0.325 e. The molecule has 28 heavy (non-hydrogen) atoms. The van der Waals surface area contributed by atoms with Gasteiger partial charge >= 0.3 is 6.03 Å². The van der Waals surface area contributed by atoms with Gasteiger partial charge in [-0.1, -0.05) is 12.1 Å². The topological polar surface area (TPSA) is 141 Å². The molecule has 0 saturated carbocycles. The number of imide groups is 1. The molecule has 2 rings (SSSR count). The third-order valence-electron chi connectivity index (χ3n) is 4.48. The van der Waals surface area contributed by atoms with Crippen molar-refractivity contribution >= 4 is 17.8 Å². The van der Waals surface area contributed by atoms with Gasteiger partial charge in [0.05, 0.1) is 36.6 Å². The second-order valence-corrected chi connectivity index (χ2v) is 6.34. The molecular formula is C19H18N6O3. The van der Waals surface area contributed by atoms with Crippen LogP contribution in [0.2, 0.25) is 0 Å². The Bertz CT molecular complexity index is 905. The molecule has 1 atom stereocenters. The van der Waals surface area contributed by atoms with Crippen LogP contribution in [-0.2, 0) is 15.1 Å². The van der Waals surface area contributed by atoms with Crippen LogP contribution in [0.25, 0.3) is 0 Å². The molecule has 1 aromatic rings. The second-order valence-electron chi connectivity index (χ2n) is 6.34. The first kappa shape index (κ1) is 20.4. The largest absolute Gasteiger partial charge is 0.339 e. The minimum Gasteiger partial charge on any atom is -0.339 e. The first-order chi connectivity index (χ1) is 13.4. The Morgan fingerprint density at radius 1 is 1.18 bits per heavy atom. The summed E-state index contributed by atoms with van der Waals surface area (Å²) < 4.78 is 0. The van der Waals surface area contributed by atoms with Gasteiger partial charge in [-0.15, -0.1) is 0 Å². The highest BCUT2D eigenvalue weighted by Crippen LogP contribution is 2.29. The summed E-state index contributed by atoms with van der Waals surface area (Å²) in [5.74, 6) is -1.13. The summed E-state index contributed by atoms with van der Waals surface area (Å²) in [6.07, 6.45) is 0.159. The molecule has 0 aliphatic carbocycles. The van der Waals surface area contributed by atoms with E-state index in [2.05, 4.69) is 5.32 Å². The maximum absolute atomic E-state index is 12.9. The number of rotatable bonds is 7. The lowest BCUT2D eigenvalue weighted by atomic mass is 9.91. The first-order valence-corrected chi connectivity index (χ1v) is 8.53. The molecule has 142 valence electrons. The number of hydrogen-bond acceptors (Lipinski definition) is 6. The number of nitrogens with one attached hydrogen (secondary N) is 1. The van der Waals surface area contributed by atoms with Crippen molar-refractivity contribution in [1.82, 2.24) is 15.1 Å². The molecule has 1 unspecified atom stereocenters. The summed E-state index contributed by atoms with van der Waals surface area (Å²) in [4.78, 5) is 39.9. The summed E-state index contributed by atoms with van der Waals surface area (Å²) in [6.45, 7) is 1.25. The van der Waals surface area contributed by atoms with Gasteiger partial charge in [0.1, 0.15) is 12.1 Å². The number of benzene rings is 1. The fourth-order valence-electron chi connectivity index (χ4n) is 2.90. The Labute approximate surface area is 162 Å². The quantitative estimate of drug-likeness (QED) is 0.701. The molecule has 1 aliphatic heterocycles. The highest BCUT2D eigenvalue weighted by molar-refractivity contribution is 6.09. The molecule has 1 saturated heterocycles. The zero-order chi connectivity index (χ0) is 20.7. The van der Waals surface area contributed by atoms with E-state index >= 15 is 0 Å². The van der Waals surface area contributed by atoms with Gasteiger partial charge < -0.3 is 10.2 Å². The summed E-state index contributed by atoms with van der Waals surface area (Å²) >= 11 is 0. The molecule has 0 aromatic heterocycles. The van der Waals surface area contributed by atoms with E-state index in [1.165, 1.54) is 17.9 Å². The molecular weight excluding hydrogens is 360 g/mol. The monoisotopic (exact) mass is 378 g/mol. The van der Waals surface area contributed by atoms with Crippen LogP contribution in [0.4, 0.5) is 4.79 Å². The van der Waals surface area contributed by atoms with E-state index < -0.39 is 29.9 Å². The van der Waals surface area contributed by atoms with Crippen molar-refractivity contribution in [3.8, 4) is 18.2 Å². The number of amides is 4. The van der Waals surface area contributed by atoms with Gasteiger partial charge in [0.15, 0.2) is 0 Å². The Hall–Kier alpha value is -3.90. The molecule has 1 aromatic carbocycles. The molecule has 9 nitrogen and oxygen atoms in total. The van der Waals surface area contributed by atoms with E-state index in [0.717, 1.165) is 4.90 Å². The number of carbonyl (C=O) groups excluding carboxylic acids is 3. The molecule has 0 spiro atoms. The van der Waals surface area contributed by atoms with Gasteiger partial charge in [-0.05, 0) is 24.6 Å². The van der Waals surface area contributed by atoms with Crippen LogP contribution in [0.15, 0.2) is 24.3 Å². The third-order valence-corrected chi connectivity index (χ3v) is 4.48. The van der Waals surface area contributed by atoms with Gasteiger partial charge in [-0.3, -0.25) is 14.5 Å². The normalized spacial score (nSPS) is 18.0. The van der Waals surface area contributed by atoms with Crippen LogP contribution in [-0.4, -0.2) is 47.3 Å². The molecule has 1 fully saturated rings. The SMILES string of the molecule is CC1(c2cccc(C#N)c2)NC(=O)N(CC(=O)N(CCC#N)CCC#N)C1=O. The van der Waals surface area contributed by atoms with Gasteiger partial charge in [0, 0.05) is 13.1 Å². The fourth-order valence-corrected chi connectivity index (χ4v) is 2.90. The van der Waals surface area contributed by atoms with Gasteiger partial charge in [-0.25, -0.2) is 4.79 Å². The van der Waals surface area contributed by atoms with E-state index in [-0.39, 0.29) is 25.9 Å². The van der Waals surface area contributed by atoms with Crippen LogP contribution in [0, 0.1) is 34.0 Å². The van der Waals surface area contributed by atoms with Crippen LogP contribution >= 0.6 is 0 Å². The van der Waals surface area contributed by atoms with Crippen LogP contribution in [0.1, 0.15) is 30.9 Å². The molecule has 4 amide bonds. The van der Waals surface area contributed by atoms with E-state index in [1.807, 2.05) is 18.2 Å². The summed E-state index contributed by atoms with van der Waals surface area (Å²) in [7, 11) is 0. The predicted octanol–water partition coefficient (Wildman–Crippen LogP) is 0.981. The fraction of sp³-hybridized carbons (Fsp3) is 0.368.